The zero-order valence-electron chi connectivity index (χ0n) is 17.0. The van der Waals surface area contributed by atoms with Gasteiger partial charge in [-0.3, -0.25) is 14.3 Å². The summed E-state index contributed by atoms with van der Waals surface area (Å²) >= 11 is 0. The number of aromatic nitrogens is 2. The topological polar surface area (TPSA) is 130 Å². The highest BCUT2D eigenvalue weighted by Gasteiger charge is 2.38. The number of nitrogens with one attached hydrogen (secondary N) is 1. The summed E-state index contributed by atoms with van der Waals surface area (Å²) in [6.45, 7) is 6.07. The van der Waals surface area contributed by atoms with E-state index in [0.29, 0.717) is 36.3 Å². The molecule has 2 aliphatic rings. The summed E-state index contributed by atoms with van der Waals surface area (Å²) in [5, 5.41) is 10.3. The van der Waals surface area contributed by atoms with Crippen LogP contribution in [0, 0.1) is 18.7 Å². The van der Waals surface area contributed by atoms with Crippen molar-refractivity contribution >= 4 is 22.3 Å². The molecular weight excluding hydrogens is 377 g/mol. The number of aryl methyl sites for hydroxylation is 1. The van der Waals surface area contributed by atoms with Crippen molar-refractivity contribution in [3.8, 4) is 0 Å². The van der Waals surface area contributed by atoms with Gasteiger partial charge in [0.25, 0.3) is 5.56 Å². The van der Waals surface area contributed by atoms with Crippen LogP contribution < -0.4 is 27.6 Å². The molecule has 2 heterocycles. The summed E-state index contributed by atoms with van der Waals surface area (Å²) in [7, 11) is 0. The van der Waals surface area contributed by atoms with E-state index in [1.165, 1.54) is 0 Å². The molecule has 158 valence electrons. The van der Waals surface area contributed by atoms with Gasteiger partial charge in [0, 0.05) is 30.7 Å². The number of rotatable bonds is 4. The van der Waals surface area contributed by atoms with Crippen molar-refractivity contribution in [2.24, 2.45) is 11.7 Å². The van der Waals surface area contributed by atoms with E-state index in [4.69, 9.17) is 11.5 Å². The standard InChI is InChI=1S/C20H28FN5O3/c1-9-15-12(18(27)24-19(28)26(15)11-4-5-11)14(22)13(21)16(9)25-7-6-10(8-25)17(23)20(2,3)29/h10-11,17,29H,4-8,22-23H2,1-3H3,(H,24,27,28). The second-order valence-electron chi connectivity index (χ2n) is 8.96. The summed E-state index contributed by atoms with van der Waals surface area (Å²) in [6, 6.07) is -0.464. The molecule has 0 radical (unpaired) electrons. The Hall–Kier alpha value is -2.39. The molecule has 2 unspecified atom stereocenters. The van der Waals surface area contributed by atoms with Crippen LogP contribution in [0.3, 0.4) is 0 Å². The third-order valence-electron chi connectivity index (χ3n) is 6.34. The number of fused-ring (bicyclic) bond motifs is 1. The van der Waals surface area contributed by atoms with Crippen molar-refractivity contribution in [3.05, 3.63) is 32.2 Å². The first-order valence-corrected chi connectivity index (χ1v) is 10.0. The number of H-pyrrole nitrogens is 1. The second-order valence-corrected chi connectivity index (χ2v) is 8.96. The van der Waals surface area contributed by atoms with Crippen LogP contribution in [0.2, 0.25) is 0 Å². The van der Waals surface area contributed by atoms with Gasteiger partial charge in [0.15, 0.2) is 5.82 Å². The molecule has 1 aromatic carbocycles. The molecule has 2 fully saturated rings. The Balaban J connectivity index is 1.88. The van der Waals surface area contributed by atoms with E-state index in [0.717, 1.165) is 12.8 Å². The first-order valence-electron chi connectivity index (χ1n) is 10.0. The number of hydrogen-bond acceptors (Lipinski definition) is 6. The van der Waals surface area contributed by atoms with Gasteiger partial charge in [-0.1, -0.05) is 0 Å². The lowest BCUT2D eigenvalue weighted by Gasteiger charge is -2.31. The lowest BCUT2D eigenvalue weighted by molar-refractivity contribution is 0.0337. The molecule has 1 aliphatic heterocycles. The predicted molar refractivity (Wildman–Crippen MR) is 111 cm³/mol. The van der Waals surface area contributed by atoms with E-state index in [-0.39, 0.29) is 23.0 Å². The minimum Gasteiger partial charge on any atom is -0.396 e. The number of hydrogen-bond donors (Lipinski definition) is 4. The Kier molecular flexibility index (Phi) is 4.51. The molecule has 0 amide bonds. The van der Waals surface area contributed by atoms with E-state index >= 15 is 4.39 Å². The smallest absolute Gasteiger partial charge is 0.329 e. The molecule has 4 rings (SSSR count). The van der Waals surface area contributed by atoms with Gasteiger partial charge in [-0.05, 0) is 46.0 Å². The molecule has 1 saturated heterocycles. The van der Waals surface area contributed by atoms with Crippen molar-refractivity contribution in [1.29, 1.82) is 0 Å². The molecule has 1 aromatic heterocycles. The Morgan fingerprint density at radius 1 is 1.28 bits per heavy atom. The molecule has 1 saturated carbocycles. The van der Waals surface area contributed by atoms with Crippen molar-refractivity contribution in [3.63, 3.8) is 0 Å². The summed E-state index contributed by atoms with van der Waals surface area (Å²) in [4.78, 5) is 29.0. The lowest BCUT2D eigenvalue weighted by Crippen LogP contribution is -2.49. The second kappa shape index (κ2) is 6.56. The van der Waals surface area contributed by atoms with E-state index in [9.17, 15) is 14.7 Å². The molecule has 2 aromatic rings. The molecule has 29 heavy (non-hydrogen) atoms. The zero-order chi connectivity index (χ0) is 21.2. The molecule has 8 nitrogen and oxygen atoms in total. The third kappa shape index (κ3) is 3.12. The van der Waals surface area contributed by atoms with Crippen LogP contribution in [-0.2, 0) is 0 Å². The number of aromatic amines is 1. The molecule has 1 aliphatic carbocycles. The average molecular weight is 405 g/mol. The third-order valence-corrected chi connectivity index (χ3v) is 6.34. The van der Waals surface area contributed by atoms with Gasteiger partial charge in [0.2, 0.25) is 0 Å². The van der Waals surface area contributed by atoms with Crippen LogP contribution in [0.4, 0.5) is 15.8 Å². The van der Waals surface area contributed by atoms with Gasteiger partial charge in [0.1, 0.15) is 0 Å². The number of halogens is 1. The number of nitrogens with two attached hydrogens (primary N) is 2. The van der Waals surface area contributed by atoms with Crippen LogP contribution in [0.25, 0.3) is 10.9 Å². The van der Waals surface area contributed by atoms with Crippen molar-refractivity contribution in [2.45, 2.75) is 57.7 Å². The fourth-order valence-corrected chi connectivity index (χ4v) is 4.60. The predicted octanol–water partition coefficient (Wildman–Crippen LogP) is 0.979. The largest absolute Gasteiger partial charge is 0.396 e. The first-order chi connectivity index (χ1) is 13.5. The summed E-state index contributed by atoms with van der Waals surface area (Å²) in [5.74, 6) is -0.672. The van der Waals surface area contributed by atoms with Gasteiger partial charge >= 0.3 is 5.69 Å². The van der Waals surface area contributed by atoms with Gasteiger partial charge in [-0.2, -0.15) is 0 Å². The van der Waals surface area contributed by atoms with Gasteiger partial charge in [0.05, 0.1) is 27.9 Å². The molecule has 9 heteroatoms. The first kappa shape index (κ1) is 19.9. The van der Waals surface area contributed by atoms with Crippen molar-refractivity contribution in [2.75, 3.05) is 23.7 Å². The number of nitrogens with zero attached hydrogens (tertiary/aromatic N) is 2. The maximum absolute atomic E-state index is 15.3. The Morgan fingerprint density at radius 2 is 1.93 bits per heavy atom. The number of nitrogen functional groups attached to an aromatic ring is 1. The van der Waals surface area contributed by atoms with E-state index in [1.54, 1.807) is 25.3 Å². The van der Waals surface area contributed by atoms with Crippen molar-refractivity contribution < 1.29 is 9.50 Å². The fraction of sp³-hybridized carbons (Fsp3) is 0.600. The molecule has 6 N–H and O–H groups in total. The number of anilines is 2. The molecular formula is C20H28FN5O3. The van der Waals surface area contributed by atoms with Crippen LogP contribution in [-0.4, -0.2) is 39.4 Å². The summed E-state index contributed by atoms with van der Waals surface area (Å²) in [5.41, 5.74) is 11.1. The normalized spacial score (nSPS) is 21.2. The van der Waals surface area contributed by atoms with Crippen LogP contribution in [0.15, 0.2) is 9.59 Å². The Bertz CT molecular complexity index is 1100. The fourth-order valence-electron chi connectivity index (χ4n) is 4.60. The minimum absolute atomic E-state index is 0.00630. The van der Waals surface area contributed by atoms with E-state index in [1.807, 2.05) is 4.90 Å². The van der Waals surface area contributed by atoms with Crippen LogP contribution >= 0.6 is 0 Å². The Morgan fingerprint density at radius 3 is 2.52 bits per heavy atom. The number of aliphatic hydroxyl groups is 1. The van der Waals surface area contributed by atoms with Crippen LogP contribution in [0.5, 0.6) is 0 Å². The molecule has 0 bridgehead atoms. The van der Waals surface area contributed by atoms with E-state index in [2.05, 4.69) is 4.98 Å². The average Bonchev–Trinajstić information content (AvgIpc) is 3.35. The monoisotopic (exact) mass is 405 g/mol. The van der Waals surface area contributed by atoms with Crippen molar-refractivity contribution in [1.82, 2.24) is 9.55 Å². The lowest BCUT2D eigenvalue weighted by atomic mass is 9.87. The SMILES string of the molecule is Cc1c(N2CCC(C(N)C(C)(C)O)C2)c(F)c(N)c2c(=O)[nH]c(=O)n(C3CC3)c12. The quantitative estimate of drug-likeness (QED) is 0.561. The summed E-state index contributed by atoms with van der Waals surface area (Å²) in [6.07, 6.45) is 2.37. The highest BCUT2D eigenvalue weighted by Crippen LogP contribution is 2.41. The van der Waals surface area contributed by atoms with Gasteiger partial charge in [-0.15, -0.1) is 0 Å². The maximum Gasteiger partial charge on any atom is 0.329 e. The maximum atomic E-state index is 15.3. The Labute approximate surface area is 167 Å². The molecule has 0 spiro atoms. The minimum atomic E-state index is -1.05. The zero-order valence-corrected chi connectivity index (χ0v) is 17.0. The van der Waals surface area contributed by atoms with Gasteiger partial charge in [-0.25, -0.2) is 9.18 Å². The van der Waals surface area contributed by atoms with Crippen LogP contribution in [0.1, 0.15) is 44.7 Å². The molecule has 2 atom stereocenters. The van der Waals surface area contributed by atoms with E-state index < -0.39 is 28.7 Å². The van der Waals surface area contributed by atoms with Gasteiger partial charge < -0.3 is 21.5 Å². The highest BCUT2D eigenvalue weighted by atomic mass is 19.1. The summed E-state index contributed by atoms with van der Waals surface area (Å²) < 4.78 is 16.9. The number of benzene rings is 1. The highest BCUT2D eigenvalue weighted by molar-refractivity contribution is 5.97.